The zero-order chi connectivity index (χ0) is 36.6. The molecular weight excluding hydrogens is 695 g/mol. The molecule has 0 radical (unpaired) electrons. The molecule has 52 heavy (non-hydrogen) atoms. The summed E-state index contributed by atoms with van der Waals surface area (Å²) >= 11 is 0. The standard InChI is InChI=1S/C41H35N3O6S2/c1-28-9-22-35(23-10-28)51(45,46)42-41-40(32-15-20-34(50-4)21-16-32)38-26-17-31-7-5-6-8-37(31)43(38)39(27-30-13-18-33(49-3)19-14-30)44(41)52(47,48)36-24-11-29(2)12-25-36/h5-27H,1-4H3/b39-27+,42-41+. The quantitative estimate of drug-likeness (QED) is 0.159. The Labute approximate surface area is 304 Å². The Kier molecular flexibility index (Phi) is 9.08. The van der Waals surface area contributed by atoms with E-state index >= 15 is 8.42 Å². The lowest BCUT2D eigenvalue weighted by Crippen LogP contribution is -2.48. The molecule has 262 valence electrons. The number of benzene rings is 5. The minimum atomic E-state index is -4.56. The Hall–Kier alpha value is -5.91. The third kappa shape index (κ3) is 6.40. The van der Waals surface area contributed by atoms with E-state index in [4.69, 9.17) is 9.47 Å². The van der Waals surface area contributed by atoms with Gasteiger partial charge in [0.1, 0.15) is 17.3 Å². The number of aryl methyl sites for hydroxylation is 2. The maximum Gasteiger partial charge on any atom is 0.284 e. The predicted molar refractivity (Wildman–Crippen MR) is 205 cm³/mol. The fourth-order valence-corrected chi connectivity index (χ4v) is 8.55. The number of allylic oxidation sites excluding steroid dienone is 1. The van der Waals surface area contributed by atoms with Crippen molar-refractivity contribution in [1.29, 1.82) is 0 Å². The van der Waals surface area contributed by atoms with Crippen molar-refractivity contribution >= 4 is 49.3 Å². The Morgan fingerprint density at radius 3 is 1.79 bits per heavy atom. The van der Waals surface area contributed by atoms with Gasteiger partial charge in [0.2, 0.25) is 0 Å². The van der Waals surface area contributed by atoms with Gasteiger partial charge in [-0.1, -0.05) is 83.9 Å². The van der Waals surface area contributed by atoms with E-state index in [1.165, 1.54) is 24.3 Å². The molecule has 0 fully saturated rings. The fraction of sp³-hybridized carbons (Fsp3) is 0.0976. The summed E-state index contributed by atoms with van der Waals surface area (Å²) in [4.78, 5) is 1.71. The summed E-state index contributed by atoms with van der Waals surface area (Å²) in [5.41, 5.74) is 5.22. The van der Waals surface area contributed by atoms with Crippen LogP contribution < -0.4 is 14.4 Å². The lowest BCUT2D eigenvalue weighted by Gasteiger charge is -2.43. The van der Waals surface area contributed by atoms with Crippen LogP contribution in [-0.2, 0) is 20.0 Å². The first-order valence-corrected chi connectivity index (χ1v) is 19.2. The molecule has 7 rings (SSSR count). The van der Waals surface area contributed by atoms with Gasteiger partial charge in [0.15, 0.2) is 5.84 Å². The molecule has 0 aromatic heterocycles. The van der Waals surface area contributed by atoms with Crippen molar-refractivity contribution in [2.24, 2.45) is 4.40 Å². The number of hydrogen-bond donors (Lipinski definition) is 0. The van der Waals surface area contributed by atoms with E-state index in [1.54, 1.807) is 93.1 Å². The SMILES string of the molecule is COc1ccc(/C=C2\N3C(=C(c4ccc(OC)cc4)/C(=N\S(=O)(=O)c4ccc(C)cc4)N2S(=O)(=O)c2ccc(C)cc2)C=Cc2ccccc23)cc1. The minimum Gasteiger partial charge on any atom is -0.497 e. The molecule has 2 aliphatic rings. The second-order valence-corrected chi connectivity index (χ2v) is 15.7. The zero-order valence-corrected chi connectivity index (χ0v) is 30.5. The second kappa shape index (κ2) is 13.7. The molecule has 0 spiro atoms. The Bertz CT molecular complexity index is 2500. The van der Waals surface area contributed by atoms with Crippen LogP contribution in [-0.4, -0.2) is 41.2 Å². The third-order valence-electron chi connectivity index (χ3n) is 8.82. The molecule has 9 nitrogen and oxygen atoms in total. The van der Waals surface area contributed by atoms with E-state index in [-0.39, 0.29) is 27.0 Å². The molecule has 0 saturated heterocycles. The van der Waals surface area contributed by atoms with E-state index in [1.807, 2.05) is 55.2 Å². The number of nitrogens with zero attached hydrogens (tertiary/aromatic N) is 3. The third-order valence-corrected chi connectivity index (χ3v) is 11.8. The average molecular weight is 730 g/mol. The summed E-state index contributed by atoms with van der Waals surface area (Å²) in [5.74, 6) is 1.05. The largest absolute Gasteiger partial charge is 0.497 e. The number of rotatable bonds is 8. The van der Waals surface area contributed by atoms with Crippen molar-refractivity contribution in [2.75, 3.05) is 19.1 Å². The summed E-state index contributed by atoms with van der Waals surface area (Å²) in [6, 6.07) is 34.5. The van der Waals surface area contributed by atoms with E-state index in [0.29, 0.717) is 34.0 Å². The van der Waals surface area contributed by atoms with Gasteiger partial charge >= 0.3 is 0 Å². The maximum atomic E-state index is 15.2. The first-order valence-electron chi connectivity index (χ1n) is 16.4. The van der Waals surface area contributed by atoms with Crippen molar-refractivity contribution in [1.82, 2.24) is 4.31 Å². The van der Waals surface area contributed by atoms with Crippen LogP contribution >= 0.6 is 0 Å². The number of hydrogen-bond acceptors (Lipinski definition) is 7. The number of sulfonamides is 2. The Morgan fingerprint density at radius 2 is 1.19 bits per heavy atom. The van der Waals surface area contributed by atoms with E-state index in [0.717, 1.165) is 21.0 Å². The smallest absolute Gasteiger partial charge is 0.284 e. The second-order valence-electron chi connectivity index (χ2n) is 12.3. The van der Waals surface area contributed by atoms with Crippen LogP contribution in [0.4, 0.5) is 5.69 Å². The van der Waals surface area contributed by atoms with Crippen LogP contribution in [0, 0.1) is 13.8 Å². The first-order chi connectivity index (χ1) is 25.0. The molecule has 0 N–H and O–H groups in total. The summed E-state index contributed by atoms with van der Waals surface area (Å²) in [7, 11) is -5.92. The number of fused-ring (bicyclic) bond motifs is 3. The summed E-state index contributed by atoms with van der Waals surface area (Å²) < 4.78 is 75.4. The summed E-state index contributed by atoms with van der Waals surface area (Å²) in [6.45, 7) is 3.71. The van der Waals surface area contributed by atoms with Crippen LogP contribution in [0.1, 0.15) is 27.8 Å². The van der Waals surface area contributed by atoms with Crippen molar-refractivity contribution in [3.8, 4) is 11.5 Å². The highest BCUT2D eigenvalue weighted by molar-refractivity contribution is 7.91. The normalized spacial score (nSPS) is 15.8. The number of ether oxygens (including phenoxy) is 2. The van der Waals surface area contributed by atoms with Crippen LogP contribution in [0.15, 0.2) is 153 Å². The highest BCUT2D eigenvalue weighted by Gasteiger charge is 2.44. The van der Waals surface area contributed by atoms with Gasteiger partial charge in [-0.2, -0.15) is 12.7 Å². The van der Waals surface area contributed by atoms with Crippen LogP contribution in [0.2, 0.25) is 0 Å². The summed E-state index contributed by atoms with van der Waals surface area (Å²) in [5, 5.41) is 0. The zero-order valence-electron chi connectivity index (χ0n) is 28.9. The molecule has 0 aliphatic carbocycles. The maximum absolute atomic E-state index is 15.2. The van der Waals surface area contributed by atoms with Gasteiger partial charge in [-0.25, -0.2) is 8.42 Å². The number of para-hydroxylation sites is 1. The van der Waals surface area contributed by atoms with Crippen molar-refractivity contribution in [2.45, 2.75) is 23.6 Å². The molecule has 5 aromatic carbocycles. The Morgan fingerprint density at radius 1 is 0.635 bits per heavy atom. The van der Waals surface area contributed by atoms with Crippen molar-refractivity contribution < 1.29 is 26.3 Å². The van der Waals surface area contributed by atoms with Gasteiger partial charge in [0.05, 0.1) is 41.0 Å². The molecule has 2 heterocycles. The molecule has 0 amide bonds. The molecule has 2 aliphatic heterocycles. The van der Waals surface area contributed by atoms with Gasteiger partial charge in [-0.05, 0) is 97.3 Å². The number of methoxy groups -OCH3 is 2. The molecule has 11 heteroatoms. The van der Waals surface area contributed by atoms with Gasteiger partial charge in [0.25, 0.3) is 20.0 Å². The van der Waals surface area contributed by atoms with Gasteiger partial charge in [0, 0.05) is 0 Å². The summed E-state index contributed by atoms with van der Waals surface area (Å²) in [6.07, 6.45) is 5.49. The van der Waals surface area contributed by atoms with E-state index < -0.39 is 20.0 Å². The number of amidine groups is 1. The van der Waals surface area contributed by atoms with Gasteiger partial charge in [-0.15, -0.1) is 4.40 Å². The monoisotopic (exact) mass is 729 g/mol. The van der Waals surface area contributed by atoms with E-state index in [2.05, 4.69) is 4.40 Å². The van der Waals surface area contributed by atoms with Crippen LogP contribution in [0.5, 0.6) is 11.5 Å². The van der Waals surface area contributed by atoms with Crippen LogP contribution in [0.25, 0.3) is 17.7 Å². The topological polar surface area (TPSA) is 106 Å². The number of anilines is 1. The van der Waals surface area contributed by atoms with Crippen LogP contribution in [0.3, 0.4) is 0 Å². The molecule has 0 unspecified atom stereocenters. The highest BCUT2D eigenvalue weighted by atomic mass is 32.2. The Balaban J connectivity index is 1.63. The van der Waals surface area contributed by atoms with Gasteiger partial charge < -0.3 is 9.47 Å². The van der Waals surface area contributed by atoms with Crippen molar-refractivity contribution in [3.05, 3.63) is 167 Å². The lowest BCUT2D eigenvalue weighted by atomic mass is 9.95. The molecular formula is C41H35N3O6S2. The van der Waals surface area contributed by atoms with E-state index in [9.17, 15) is 8.42 Å². The predicted octanol–water partition coefficient (Wildman–Crippen LogP) is 8.06. The molecule has 0 bridgehead atoms. The van der Waals surface area contributed by atoms with Gasteiger partial charge in [-0.3, -0.25) is 4.90 Å². The minimum absolute atomic E-state index is 0.0440. The molecule has 5 aromatic rings. The van der Waals surface area contributed by atoms with Crippen molar-refractivity contribution in [3.63, 3.8) is 0 Å². The molecule has 0 atom stereocenters. The fourth-order valence-electron chi connectivity index (χ4n) is 6.08. The molecule has 0 saturated carbocycles. The average Bonchev–Trinajstić information content (AvgIpc) is 3.15. The lowest BCUT2D eigenvalue weighted by molar-refractivity contribution is 0.414. The highest BCUT2D eigenvalue weighted by Crippen LogP contribution is 2.46. The first kappa shape index (κ1) is 34.5.